The smallest absolute Gasteiger partial charge is 0.270 e. The molecule has 0 saturated carbocycles. The van der Waals surface area contributed by atoms with Crippen molar-refractivity contribution in [1.29, 1.82) is 0 Å². The van der Waals surface area contributed by atoms with Crippen molar-refractivity contribution in [2.75, 3.05) is 33.8 Å². The van der Waals surface area contributed by atoms with Gasteiger partial charge >= 0.3 is 0 Å². The van der Waals surface area contributed by atoms with Crippen molar-refractivity contribution in [3.8, 4) is 0 Å². The summed E-state index contributed by atoms with van der Waals surface area (Å²) in [6.07, 6.45) is 2.74. The van der Waals surface area contributed by atoms with Gasteiger partial charge in [0.1, 0.15) is 5.69 Å². The molecule has 2 heterocycles. The van der Waals surface area contributed by atoms with Crippen molar-refractivity contribution in [1.82, 2.24) is 14.4 Å². The standard InChI is InChI=1S/C14H23N3O2/c1-15(2)13-9-17(8-6-11(13)10-18)14(19)12-5-4-7-16(12)3/h4-5,7,11,13,18H,6,8-10H2,1-3H3/t11-,13-/m1/s1. The van der Waals surface area contributed by atoms with Gasteiger partial charge in [0.25, 0.3) is 5.91 Å². The van der Waals surface area contributed by atoms with Gasteiger partial charge in [-0.1, -0.05) is 0 Å². The molecule has 0 spiro atoms. The highest BCUT2D eigenvalue weighted by atomic mass is 16.3. The highest BCUT2D eigenvalue weighted by Crippen LogP contribution is 2.22. The summed E-state index contributed by atoms with van der Waals surface area (Å²) in [4.78, 5) is 16.5. The number of hydrogen-bond donors (Lipinski definition) is 1. The molecule has 1 aromatic heterocycles. The van der Waals surface area contributed by atoms with Gasteiger partial charge in [-0.3, -0.25) is 4.79 Å². The highest BCUT2D eigenvalue weighted by Gasteiger charge is 2.33. The predicted molar refractivity (Wildman–Crippen MR) is 74.0 cm³/mol. The molecule has 5 nitrogen and oxygen atoms in total. The molecule has 2 rings (SSSR count). The van der Waals surface area contributed by atoms with Gasteiger partial charge in [0.05, 0.1) is 0 Å². The number of carbonyl (C=O) groups is 1. The number of aryl methyl sites for hydroxylation is 1. The van der Waals surface area contributed by atoms with Crippen LogP contribution in [0, 0.1) is 5.92 Å². The molecular formula is C14H23N3O2. The molecule has 1 aromatic rings. The van der Waals surface area contributed by atoms with E-state index < -0.39 is 0 Å². The van der Waals surface area contributed by atoms with Crippen molar-refractivity contribution >= 4 is 5.91 Å². The molecule has 0 unspecified atom stereocenters. The van der Waals surface area contributed by atoms with E-state index in [1.165, 1.54) is 0 Å². The first-order chi connectivity index (χ1) is 9.04. The van der Waals surface area contributed by atoms with Gasteiger partial charge in [-0.2, -0.15) is 0 Å². The zero-order valence-corrected chi connectivity index (χ0v) is 11.9. The number of rotatable bonds is 3. The molecule has 1 saturated heterocycles. The quantitative estimate of drug-likeness (QED) is 0.861. The van der Waals surface area contributed by atoms with E-state index in [0.717, 1.165) is 18.7 Å². The van der Waals surface area contributed by atoms with Crippen LogP contribution in [0.25, 0.3) is 0 Å². The van der Waals surface area contributed by atoms with Crippen LogP contribution in [-0.4, -0.2) is 65.2 Å². The van der Waals surface area contributed by atoms with Crippen LogP contribution in [0.3, 0.4) is 0 Å². The molecule has 1 amide bonds. The SMILES string of the molecule is CN(C)[C@@H]1CN(C(=O)c2cccn2C)CC[C@@H]1CO. The number of amides is 1. The van der Waals surface area contributed by atoms with E-state index in [1.807, 2.05) is 48.9 Å². The van der Waals surface area contributed by atoms with Gasteiger partial charge in [-0.25, -0.2) is 0 Å². The summed E-state index contributed by atoms with van der Waals surface area (Å²) < 4.78 is 1.85. The Balaban J connectivity index is 2.11. The summed E-state index contributed by atoms with van der Waals surface area (Å²) >= 11 is 0. The third kappa shape index (κ3) is 2.82. The zero-order valence-electron chi connectivity index (χ0n) is 11.9. The maximum atomic E-state index is 12.5. The van der Waals surface area contributed by atoms with Crippen molar-refractivity contribution < 1.29 is 9.90 Å². The summed E-state index contributed by atoms with van der Waals surface area (Å²) in [6, 6.07) is 3.96. The first-order valence-corrected chi connectivity index (χ1v) is 6.72. The third-order valence-corrected chi connectivity index (χ3v) is 4.07. The predicted octanol–water partition coefficient (Wildman–Crippen LogP) is 0.410. The van der Waals surface area contributed by atoms with E-state index >= 15 is 0 Å². The molecule has 5 heteroatoms. The lowest BCUT2D eigenvalue weighted by atomic mass is 9.91. The second kappa shape index (κ2) is 5.75. The van der Waals surface area contributed by atoms with E-state index in [0.29, 0.717) is 6.54 Å². The Labute approximate surface area is 114 Å². The largest absolute Gasteiger partial charge is 0.396 e. The molecule has 106 valence electrons. The third-order valence-electron chi connectivity index (χ3n) is 4.07. The molecule has 0 aliphatic carbocycles. The number of aliphatic hydroxyl groups excluding tert-OH is 1. The van der Waals surface area contributed by atoms with Gasteiger partial charge in [-0.15, -0.1) is 0 Å². The second-order valence-electron chi connectivity index (χ2n) is 5.52. The Hall–Kier alpha value is -1.33. The molecule has 0 bridgehead atoms. The number of carbonyl (C=O) groups excluding carboxylic acids is 1. The van der Waals surface area contributed by atoms with Crippen LogP contribution in [-0.2, 0) is 7.05 Å². The Morgan fingerprint density at radius 3 is 2.79 bits per heavy atom. The van der Waals surface area contributed by atoms with Gasteiger partial charge in [0, 0.05) is 44.9 Å². The number of nitrogens with zero attached hydrogens (tertiary/aromatic N) is 3. The summed E-state index contributed by atoms with van der Waals surface area (Å²) in [7, 11) is 5.89. The van der Waals surface area contributed by atoms with Crippen LogP contribution in [0.1, 0.15) is 16.9 Å². The van der Waals surface area contributed by atoms with Crippen molar-refractivity contribution in [3.63, 3.8) is 0 Å². The van der Waals surface area contributed by atoms with E-state index in [2.05, 4.69) is 4.90 Å². The highest BCUT2D eigenvalue weighted by molar-refractivity contribution is 5.92. The van der Waals surface area contributed by atoms with Gasteiger partial charge in [0.2, 0.25) is 0 Å². The fraction of sp³-hybridized carbons (Fsp3) is 0.643. The molecule has 0 aromatic carbocycles. The van der Waals surface area contributed by atoms with E-state index in [1.54, 1.807) is 0 Å². The van der Waals surface area contributed by atoms with Crippen molar-refractivity contribution in [2.45, 2.75) is 12.5 Å². The Morgan fingerprint density at radius 1 is 1.53 bits per heavy atom. The lowest BCUT2D eigenvalue weighted by Gasteiger charge is -2.41. The minimum atomic E-state index is 0.0794. The first-order valence-electron chi connectivity index (χ1n) is 6.72. The van der Waals surface area contributed by atoms with Crippen LogP contribution in [0.5, 0.6) is 0 Å². The summed E-state index contributed by atoms with van der Waals surface area (Å²) in [5.74, 6) is 0.336. The van der Waals surface area contributed by atoms with Gasteiger partial charge < -0.3 is 19.5 Å². The van der Waals surface area contributed by atoms with Gasteiger partial charge in [-0.05, 0) is 32.6 Å². The zero-order chi connectivity index (χ0) is 14.0. The van der Waals surface area contributed by atoms with E-state index in [-0.39, 0.29) is 24.5 Å². The van der Waals surface area contributed by atoms with Crippen LogP contribution in [0.4, 0.5) is 0 Å². The minimum Gasteiger partial charge on any atom is -0.396 e. The Bertz CT molecular complexity index is 442. The molecule has 1 aliphatic heterocycles. The summed E-state index contributed by atoms with van der Waals surface area (Å²) in [5.41, 5.74) is 0.722. The number of aliphatic hydroxyl groups is 1. The fourth-order valence-corrected chi connectivity index (χ4v) is 2.81. The summed E-state index contributed by atoms with van der Waals surface area (Å²) in [5, 5.41) is 9.43. The second-order valence-corrected chi connectivity index (χ2v) is 5.52. The van der Waals surface area contributed by atoms with Crippen LogP contribution in [0.2, 0.25) is 0 Å². The van der Waals surface area contributed by atoms with Crippen LogP contribution in [0.15, 0.2) is 18.3 Å². The molecule has 1 fully saturated rings. The topological polar surface area (TPSA) is 48.7 Å². The average Bonchev–Trinajstić information content (AvgIpc) is 2.83. The molecule has 0 radical (unpaired) electrons. The van der Waals surface area contributed by atoms with Crippen LogP contribution >= 0.6 is 0 Å². The average molecular weight is 265 g/mol. The fourth-order valence-electron chi connectivity index (χ4n) is 2.81. The Morgan fingerprint density at radius 2 is 2.26 bits per heavy atom. The molecule has 19 heavy (non-hydrogen) atoms. The van der Waals surface area contributed by atoms with Crippen LogP contribution < -0.4 is 0 Å². The molecule has 2 atom stereocenters. The van der Waals surface area contributed by atoms with E-state index in [4.69, 9.17) is 0 Å². The Kier molecular flexibility index (Phi) is 4.27. The number of aromatic nitrogens is 1. The maximum Gasteiger partial charge on any atom is 0.270 e. The summed E-state index contributed by atoms with van der Waals surface area (Å²) in [6.45, 7) is 1.59. The first kappa shape index (κ1) is 14.1. The minimum absolute atomic E-state index is 0.0794. The number of likely N-dealkylation sites (N-methyl/N-ethyl adjacent to an activating group) is 1. The molecular weight excluding hydrogens is 242 g/mol. The monoisotopic (exact) mass is 265 g/mol. The number of likely N-dealkylation sites (tertiary alicyclic amines) is 1. The molecule has 1 aliphatic rings. The number of piperidine rings is 1. The lowest BCUT2D eigenvalue weighted by Crippen LogP contribution is -2.53. The van der Waals surface area contributed by atoms with E-state index in [9.17, 15) is 9.90 Å². The van der Waals surface area contributed by atoms with Crippen molar-refractivity contribution in [2.24, 2.45) is 13.0 Å². The van der Waals surface area contributed by atoms with Crippen molar-refractivity contribution in [3.05, 3.63) is 24.0 Å². The molecule has 1 N–H and O–H groups in total. The maximum absolute atomic E-state index is 12.5. The van der Waals surface area contributed by atoms with Gasteiger partial charge in [0.15, 0.2) is 0 Å². The normalized spacial score (nSPS) is 23.9. The number of hydrogen-bond acceptors (Lipinski definition) is 3. The lowest BCUT2D eigenvalue weighted by molar-refractivity contribution is 0.0373.